The minimum absolute atomic E-state index is 0.483. The molecule has 0 amide bonds. The van der Waals surface area contributed by atoms with Gasteiger partial charge in [-0.2, -0.15) is 0 Å². The Labute approximate surface area is 102 Å². The van der Waals surface area contributed by atoms with Gasteiger partial charge in [-0.25, -0.2) is 9.78 Å². The average Bonchev–Trinajstić information content (AvgIpc) is 2.84. The molecule has 16 heavy (non-hydrogen) atoms. The van der Waals surface area contributed by atoms with Crippen molar-refractivity contribution in [2.45, 2.75) is 25.8 Å². The molecule has 2 heterocycles. The van der Waals surface area contributed by atoms with Crippen molar-refractivity contribution in [2.24, 2.45) is 4.99 Å². The first-order valence-corrected chi connectivity index (χ1v) is 6.82. The fraction of sp³-hybridized carbons (Fsp3) is 0.500. The molecule has 0 aromatic carbocycles. The number of carbonyl (C=O) groups is 1. The fourth-order valence-corrected chi connectivity index (χ4v) is 3.24. The highest BCUT2D eigenvalue weighted by molar-refractivity contribution is 8.14. The Balaban J connectivity index is 2.27. The van der Waals surface area contributed by atoms with Crippen molar-refractivity contribution in [1.29, 1.82) is 0 Å². The topological polar surface area (TPSA) is 62.5 Å². The maximum Gasteiger partial charge on any atom is 0.332 e. The summed E-state index contributed by atoms with van der Waals surface area (Å²) in [6, 6.07) is 0. The summed E-state index contributed by atoms with van der Waals surface area (Å²) in [6.07, 6.45) is 0.902. The van der Waals surface area contributed by atoms with Crippen LogP contribution < -0.4 is 0 Å². The standard InChI is InChI=1S/C10H12N2O2S2/c1-3-7-11-6(4-15-7)8-12-10(2,5-16-8)9(13)14/h4H,3,5H2,1-2H3,(H,13,14)/t10-/m1/s1. The molecule has 1 aliphatic heterocycles. The van der Waals surface area contributed by atoms with Crippen LogP contribution in [0.2, 0.25) is 0 Å². The summed E-state index contributed by atoms with van der Waals surface area (Å²) >= 11 is 3.06. The Kier molecular flexibility index (Phi) is 3.03. The van der Waals surface area contributed by atoms with E-state index in [1.807, 2.05) is 12.3 Å². The van der Waals surface area contributed by atoms with E-state index in [9.17, 15) is 4.79 Å². The van der Waals surface area contributed by atoms with E-state index >= 15 is 0 Å². The van der Waals surface area contributed by atoms with Crippen LogP contribution in [0, 0.1) is 0 Å². The highest BCUT2D eigenvalue weighted by atomic mass is 32.2. The number of aromatic nitrogens is 1. The summed E-state index contributed by atoms with van der Waals surface area (Å²) in [5.41, 5.74) is -0.174. The number of aliphatic carboxylic acids is 1. The molecule has 0 saturated carbocycles. The molecule has 1 atom stereocenters. The van der Waals surface area contributed by atoms with Crippen molar-refractivity contribution in [2.75, 3.05) is 5.75 Å². The van der Waals surface area contributed by atoms with Gasteiger partial charge in [0.25, 0.3) is 0 Å². The molecular weight excluding hydrogens is 244 g/mol. The van der Waals surface area contributed by atoms with Crippen LogP contribution >= 0.6 is 23.1 Å². The van der Waals surface area contributed by atoms with Crippen LogP contribution in [0.15, 0.2) is 10.4 Å². The largest absolute Gasteiger partial charge is 0.479 e. The minimum atomic E-state index is -0.990. The number of nitrogens with zero attached hydrogens (tertiary/aromatic N) is 2. The predicted octanol–water partition coefficient (Wildman–Crippen LogP) is 2.04. The smallest absolute Gasteiger partial charge is 0.332 e. The first kappa shape index (κ1) is 11.6. The molecule has 0 radical (unpaired) electrons. The van der Waals surface area contributed by atoms with Crippen molar-refractivity contribution in [3.63, 3.8) is 0 Å². The van der Waals surface area contributed by atoms with Crippen molar-refractivity contribution in [3.05, 3.63) is 16.1 Å². The molecule has 0 unspecified atom stereocenters. The maximum absolute atomic E-state index is 11.0. The normalized spacial score (nSPS) is 24.5. The molecule has 1 aromatic heterocycles. The number of thiazole rings is 1. The third-order valence-electron chi connectivity index (χ3n) is 2.37. The molecule has 0 spiro atoms. The summed E-state index contributed by atoms with van der Waals surface area (Å²) in [7, 11) is 0. The molecule has 4 nitrogen and oxygen atoms in total. The van der Waals surface area contributed by atoms with Gasteiger partial charge in [0.2, 0.25) is 0 Å². The molecule has 1 aliphatic rings. The van der Waals surface area contributed by atoms with E-state index in [0.29, 0.717) is 5.75 Å². The van der Waals surface area contributed by atoms with Crippen molar-refractivity contribution in [3.8, 4) is 0 Å². The Morgan fingerprint density at radius 3 is 2.94 bits per heavy atom. The van der Waals surface area contributed by atoms with Gasteiger partial charge in [-0.1, -0.05) is 6.92 Å². The van der Waals surface area contributed by atoms with E-state index in [-0.39, 0.29) is 0 Å². The second-order valence-corrected chi connectivity index (χ2v) is 5.67. The van der Waals surface area contributed by atoms with Crippen LogP contribution in [-0.2, 0) is 11.2 Å². The number of hydrogen-bond donors (Lipinski definition) is 1. The fourth-order valence-electron chi connectivity index (χ4n) is 1.31. The molecule has 0 aliphatic carbocycles. The lowest BCUT2D eigenvalue weighted by Gasteiger charge is -2.11. The van der Waals surface area contributed by atoms with Gasteiger partial charge in [0.05, 0.1) is 5.01 Å². The van der Waals surface area contributed by atoms with Crippen molar-refractivity contribution >= 4 is 34.1 Å². The Bertz CT molecular complexity index is 455. The van der Waals surface area contributed by atoms with Crippen molar-refractivity contribution < 1.29 is 9.90 Å². The van der Waals surface area contributed by atoms with Gasteiger partial charge < -0.3 is 5.11 Å². The van der Waals surface area contributed by atoms with Crippen LogP contribution in [0.3, 0.4) is 0 Å². The number of hydrogen-bond acceptors (Lipinski definition) is 5. The van der Waals surface area contributed by atoms with Crippen molar-refractivity contribution in [1.82, 2.24) is 4.98 Å². The average molecular weight is 256 g/mol. The van der Waals surface area contributed by atoms with Gasteiger partial charge in [0, 0.05) is 11.1 Å². The summed E-state index contributed by atoms with van der Waals surface area (Å²) in [5.74, 6) is -0.391. The Morgan fingerprint density at radius 2 is 2.44 bits per heavy atom. The third kappa shape index (κ3) is 1.99. The van der Waals surface area contributed by atoms with Gasteiger partial charge in [0.1, 0.15) is 10.7 Å². The van der Waals surface area contributed by atoms with E-state index in [1.165, 1.54) is 11.8 Å². The highest BCUT2D eigenvalue weighted by Gasteiger charge is 2.38. The molecule has 6 heteroatoms. The van der Waals surface area contributed by atoms with Gasteiger partial charge in [0.15, 0.2) is 5.54 Å². The highest BCUT2D eigenvalue weighted by Crippen LogP contribution is 2.31. The molecular formula is C10H12N2O2S2. The van der Waals surface area contributed by atoms with Crippen LogP contribution in [0.1, 0.15) is 24.5 Å². The molecule has 1 aromatic rings. The molecule has 0 fully saturated rings. The lowest BCUT2D eigenvalue weighted by Crippen LogP contribution is -2.33. The van der Waals surface area contributed by atoms with Gasteiger partial charge in [-0.15, -0.1) is 23.1 Å². The Hall–Kier alpha value is -0.880. The summed E-state index contributed by atoms with van der Waals surface area (Å²) < 4.78 is 0. The summed E-state index contributed by atoms with van der Waals surface area (Å²) in [5, 5.41) is 12.8. The second kappa shape index (κ2) is 4.18. The first-order valence-electron chi connectivity index (χ1n) is 4.96. The quantitative estimate of drug-likeness (QED) is 0.899. The molecule has 0 bridgehead atoms. The van der Waals surface area contributed by atoms with Crippen LogP contribution in [0.4, 0.5) is 0 Å². The number of rotatable bonds is 3. The number of carboxylic acid groups (broad SMARTS) is 1. The lowest BCUT2D eigenvalue weighted by molar-refractivity contribution is -0.141. The monoisotopic (exact) mass is 256 g/mol. The van der Waals surface area contributed by atoms with Crippen LogP contribution in [0.25, 0.3) is 0 Å². The summed E-state index contributed by atoms with van der Waals surface area (Å²) in [4.78, 5) is 19.7. The van der Waals surface area contributed by atoms with E-state index in [0.717, 1.165) is 22.2 Å². The lowest BCUT2D eigenvalue weighted by atomic mass is 10.1. The van der Waals surface area contributed by atoms with Crippen LogP contribution in [0.5, 0.6) is 0 Å². The number of aliphatic imine (C=N–C) groups is 1. The number of carboxylic acids is 1. The van der Waals surface area contributed by atoms with E-state index in [1.54, 1.807) is 18.3 Å². The zero-order valence-electron chi connectivity index (χ0n) is 9.06. The maximum atomic E-state index is 11.0. The number of thioether (sulfide) groups is 1. The zero-order chi connectivity index (χ0) is 11.8. The van der Waals surface area contributed by atoms with Gasteiger partial charge in [-0.05, 0) is 13.3 Å². The molecule has 1 N–H and O–H groups in total. The zero-order valence-corrected chi connectivity index (χ0v) is 10.7. The van der Waals surface area contributed by atoms with E-state index in [2.05, 4.69) is 9.98 Å². The SMILES string of the molecule is CCc1nc(C2=N[C@@](C)(C(=O)O)CS2)cs1. The minimum Gasteiger partial charge on any atom is -0.479 e. The predicted molar refractivity (Wildman–Crippen MR) is 66.5 cm³/mol. The third-order valence-corrected chi connectivity index (χ3v) is 4.65. The summed E-state index contributed by atoms with van der Waals surface area (Å²) in [6.45, 7) is 3.69. The molecule has 2 rings (SSSR count). The molecule has 0 saturated heterocycles. The van der Waals surface area contributed by atoms with E-state index in [4.69, 9.17) is 5.11 Å². The van der Waals surface area contributed by atoms with Gasteiger partial charge >= 0.3 is 5.97 Å². The van der Waals surface area contributed by atoms with E-state index < -0.39 is 11.5 Å². The Morgan fingerprint density at radius 1 is 1.69 bits per heavy atom. The molecule has 86 valence electrons. The van der Waals surface area contributed by atoms with Crippen LogP contribution in [-0.4, -0.2) is 32.4 Å². The second-order valence-electron chi connectivity index (χ2n) is 3.76. The number of aryl methyl sites for hydroxylation is 1. The van der Waals surface area contributed by atoms with Gasteiger partial charge in [-0.3, -0.25) is 4.99 Å². The first-order chi connectivity index (χ1) is 7.55.